The number of hydrazine groups is 1. The maximum absolute atomic E-state index is 12.0. The maximum Gasteiger partial charge on any atom is 0.257 e. The van der Waals surface area contributed by atoms with Gasteiger partial charge in [0.15, 0.2) is 0 Å². The molecule has 0 aliphatic rings. The number of rotatable bonds is 3. The largest absolute Gasteiger partial charge is 0.323 e. The number of hydrogen-bond donors (Lipinski definition) is 4. The lowest BCUT2D eigenvalue weighted by atomic mass is 10.1. The molecule has 1 amide bonds. The van der Waals surface area contributed by atoms with Crippen LogP contribution in [-0.2, 0) is 0 Å². The van der Waals surface area contributed by atoms with Crippen LogP contribution in [0.15, 0.2) is 30.6 Å². The highest BCUT2D eigenvalue weighted by Crippen LogP contribution is 2.17. The average Bonchev–Trinajstić information content (AvgIpc) is 2.81. The van der Waals surface area contributed by atoms with Gasteiger partial charge in [0, 0.05) is 6.20 Å². The zero-order chi connectivity index (χ0) is 12.3. The van der Waals surface area contributed by atoms with Crippen molar-refractivity contribution in [1.82, 2.24) is 10.2 Å². The van der Waals surface area contributed by atoms with E-state index in [9.17, 15) is 4.79 Å². The van der Waals surface area contributed by atoms with Crippen molar-refractivity contribution in [3.63, 3.8) is 0 Å². The smallest absolute Gasteiger partial charge is 0.257 e. The predicted molar refractivity (Wildman–Crippen MR) is 65.5 cm³/mol. The first-order chi connectivity index (χ1) is 8.20. The summed E-state index contributed by atoms with van der Waals surface area (Å²) in [6.07, 6.45) is 3.13. The minimum atomic E-state index is -0.233. The van der Waals surface area contributed by atoms with Gasteiger partial charge in [-0.2, -0.15) is 5.10 Å². The number of benzene rings is 1. The molecule has 0 bridgehead atoms. The molecule has 2 rings (SSSR count). The minimum absolute atomic E-state index is 0.233. The number of nitrogens with zero attached hydrogens (tertiary/aromatic N) is 1. The van der Waals surface area contributed by atoms with Crippen molar-refractivity contribution in [1.29, 1.82) is 0 Å². The van der Waals surface area contributed by atoms with Crippen LogP contribution in [-0.4, -0.2) is 16.1 Å². The van der Waals surface area contributed by atoms with Gasteiger partial charge in [-0.1, -0.05) is 11.6 Å². The molecular formula is C11H13N5O. The van der Waals surface area contributed by atoms with Crippen molar-refractivity contribution in [2.45, 2.75) is 6.92 Å². The van der Waals surface area contributed by atoms with Gasteiger partial charge in [0.25, 0.3) is 5.91 Å². The number of amides is 1. The second-order valence-electron chi connectivity index (χ2n) is 3.63. The molecule has 0 saturated heterocycles. The maximum atomic E-state index is 12.0. The van der Waals surface area contributed by atoms with Crippen LogP contribution < -0.4 is 16.6 Å². The molecule has 5 N–H and O–H groups in total. The first-order valence-corrected chi connectivity index (χ1v) is 5.08. The third-order valence-electron chi connectivity index (χ3n) is 2.33. The lowest BCUT2D eigenvalue weighted by molar-refractivity contribution is 0.102. The van der Waals surface area contributed by atoms with E-state index in [2.05, 4.69) is 20.9 Å². The third kappa shape index (κ3) is 2.43. The van der Waals surface area contributed by atoms with Crippen molar-refractivity contribution in [3.05, 3.63) is 41.7 Å². The van der Waals surface area contributed by atoms with E-state index in [0.717, 1.165) is 5.56 Å². The zero-order valence-electron chi connectivity index (χ0n) is 9.32. The highest BCUT2D eigenvalue weighted by Gasteiger charge is 2.11. The van der Waals surface area contributed by atoms with E-state index in [0.29, 0.717) is 16.9 Å². The number of hydrogen-bond acceptors (Lipinski definition) is 4. The molecule has 0 fully saturated rings. The Balaban J connectivity index is 2.26. The molecule has 0 aliphatic carbocycles. The molecule has 1 heterocycles. The first kappa shape index (κ1) is 11.2. The molecule has 17 heavy (non-hydrogen) atoms. The molecule has 0 unspecified atom stereocenters. The molecule has 1 aromatic heterocycles. The van der Waals surface area contributed by atoms with E-state index in [-0.39, 0.29) is 5.91 Å². The van der Waals surface area contributed by atoms with Gasteiger partial charge in [-0.15, -0.1) is 0 Å². The number of carbonyl (C=O) groups is 1. The van der Waals surface area contributed by atoms with Gasteiger partial charge in [-0.05, 0) is 19.1 Å². The Morgan fingerprint density at radius 1 is 1.47 bits per heavy atom. The van der Waals surface area contributed by atoms with Gasteiger partial charge in [0.05, 0.1) is 23.1 Å². The summed E-state index contributed by atoms with van der Waals surface area (Å²) < 4.78 is 0. The molecule has 6 heteroatoms. The van der Waals surface area contributed by atoms with Gasteiger partial charge in [-0.3, -0.25) is 15.7 Å². The number of nitrogens with two attached hydrogens (primary N) is 1. The summed E-state index contributed by atoms with van der Waals surface area (Å²) in [5, 5.41) is 9.08. The summed E-state index contributed by atoms with van der Waals surface area (Å²) in [5.74, 6) is 5.13. The van der Waals surface area contributed by atoms with Crippen LogP contribution in [0, 0.1) is 6.92 Å². The second-order valence-corrected chi connectivity index (χ2v) is 3.63. The zero-order valence-corrected chi connectivity index (χ0v) is 9.32. The Morgan fingerprint density at radius 2 is 2.29 bits per heavy atom. The summed E-state index contributed by atoms with van der Waals surface area (Å²) in [5.41, 5.74) is 5.17. The highest BCUT2D eigenvalue weighted by atomic mass is 16.1. The van der Waals surface area contributed by atoms with Gasteiger partial charge >= 0.3 is 0 Å². The number of nitrogens with one attached hydrogen (secondary N) is 3. The fourth-order valence-corrected chi connectivity index (χ4v) is 1.49. The van der Waals surface area contributed by atoms with Gasteiger partial charge in [0.1, 0.15) is 0 Å². The molecule has 0 radical (unpaired) electrons. The molecule has 0 saturated carbocycles. The number of nitrogen functional groups attached to an aromatic ring is 1. The van der Waals surface area contributed by atoms with Crippen molar-refractivity contribution >= 4 is 17.3 Å². The summed E-state index contributed by atoms with van der Waals surface area (Å²) in [7, 11) is 0. The van der Waals surface area contributed by atoms with E-state index in [1.54, 1.807) is 18.3 Å². The van der Waals surface area contributed by atoms with Crippen LogP contribution in [0.4, 0.5) is 11.4 Å². The molecular weight excluding hydrogens is 218 g/mol. The normalized spacial score (nSPS) is 10.0. The monoisotopic (exact) mass is 231 g/mol. The average molecular weight is 231 g/mol. The van der Waals surface area contributed by atoms with Crippen LogP contribution in [0.3, 0.4) is 0 Å². The van der Waals surface area contributed by atoms with Crippen molar-refractivity contribution in [3.8, 4) is 0 Å². The van der Waals surface area contributed by atoms with E-state index < -0.39 is 0 Å². The molecule has 88 valence electrons. The van der Waals surface area contributed by atoms with Crippen LogP contribution in [0.25, 0.3) is 0 Å². The molecule has 6 nitrogen and oxygen atoms in total. The molecule has 0 atom stereocenters. The van der Waals surface area contributed by atoms with Gasteiger partial charge < -0.3 is 10.7 Å². The summed E-state index contributed by atoms with van der Waals surface area (Å²) in [4.78, 5) is 12.0. The SMILES string of the molecule is Cc1ccc(NN)c(C(=O)Nc2cn[nH]c2)c1. The van der Waals surface area contributed by atoms with E-state index in [1.807, 2.05) is 13.0 Å². The Labute approximate surface area is 98.2 Å². The summed E-state index contributed by atoms with van der Waals surface area (Å²) in [6, 6.07) is 5.41. The number of aryl methyl sites for hydroxylation is 1. The van der Waals surface area contributed by atoms with Crippen molar-refractivity contribution in [2.75, 3.05) is 10.7 Å². The Kier molecular flexibility index (Phi) is 3.06. The Hall–Kier alpha value is -2.34. The lowest BCUT2D eigenvalue weighted by Gasteiger charge is -2.09. The third-order valence-corrected chi connectivity index (χ3v) is 2.33. The van der Waals surface area contributed by atoms with Gasteiger partial charge in [-0.25, -0.2) is 0 Å². The topological polar surface area (TPSA) is 95.8 Å². The van der Waals surface area contributed by atoms with Gasteiger partial charge in [0.2, 0.25) is 0 Å². The fraction of sp³-hybridized carbons (Fsp3) is 0.0909. The number of aromatic amines is 1. The quantitative estimate of drug-likeness (QED) is 0.472. The number of aromatic nitrogens is 2. The standard InChI is InChI=1S/C11H13N5O/c1-7-2-3-10(16-12)9(4-7)11(17)15-8-5-13-14-6-8/h2-6,16H,12H2,1H3,(H,13,14)(H,15,17). The lowest BCUT2D eigenvalue weighted by Crippen LogP contribution is -2.17. The second kappa shape index (κ2) is 4.67. The van der Waals surface area contributed by atoms with Crippen molar-refractivity contribution < 1.29 is 4.79 Å². The predicted octanol–water partition coefficient (Wildman–Crippen LogP) is 1.26. The summed E-state index contributed by atoms with van der Waals surface area (Å²) in [6.45, 7) is 1.91. The van der Waals surface area contributed by atoms with Crippen LogP contribution in [0.5, 0.6) is 0 Å². The summed E-state index contributed by atoms with van der Waals surface area (Å²) >= 11 is 0. The number of anilines is 2. The first-order valence-electron chi connectivity index (χ1n) is 5.08. The van der Waals surface area contributed by atoms with Crippen LogP contribution >= 0.6 is 0 Å². The number of H-pyrrole nitrogens is 1. The van der Waals surface area contributed by atoms with E-state index in [1.165, 1.54) is 6.20 Å². The fourth-order valence-electron chi connectivity index (χ4n) is 1.49. The van der Waals surface area contributed by atoms with Crippen molar-refractivity contribution in [2.24, 2.45) is 5.84 Å². The minimum Gasteiger partial charge on any atom is -0.323 e. The Bertz CT molecular complexity index is 521. The molecule has 1 aromatic carbocycles. The molecule has 2 aromatic rings. The molecule has 0 spiro atoms. The van der Waals surface area contributed by atoms with E-state index >= 15 is 0 Å². The number of carbonyl (C=O) groups excluding carboxylic acids is 1. The van der Waals surface area contributed by atoms with Crippen LogP contribution in [0.2, 0.25) is 0 Å². The Morgan fingerprint density at radius 3 is 2.94 bits per heavy atom. The highest BCUT2D eigenvalue weighted by molar-refractivity contribution is 6.08. The van der Waals surface area contributed by atoms with Crippen LogP contribution in [0.1, 0.15) is 15.9 Å². The molecule has 0 aliphatic heterocycles. The van der Waals surface area contributed by atoms with E-state index in [4.69, 9.17) is 5.84 Å².